The molecule has 4 rings (SSSR count). The molecule has 2 aromatic carbocycles. The van der Waals surface area contributed by atoms with Crippen LogP contribution in [0.4, 0.5) is 17.1 Å². The quantitative estimate of drug-likeness (QED) is 0.641. The lowest BCUT2D eigenvalue weighted by atomic mass is 9.85. The predicted octanol–water partition coefficient (Wildman–Crippen LogP) is 3.37. The number of rotatable bonds is 4. The highest BCUT2D eigenvalue weighted by molar-refractivity contribution is 6.07. The van der Waals surface area contributed by atoms with Crippen molar-refractivity contribution in [2.45, 2.75) is 12.3 Å². The number of likely N-dealkylation sites (N-methyl/N-ethyl adjacent to an activating group) is 1. The lowest BCUT2D eigenvalue weighted by Gasteiger charge is -2.32. The molecular weight excluding hydrogens is 362 g/mol. The van der Waals surface area contributed by atoms with Gasteiger partial charge in [0.05, 0.1) is 21.6 Å². The standard InChI is InChI=1S/C19H19N5O4/c1-22-9-8-15-16(11-22)13-4-2-3-5-14(13)19(15)21-20-17-7-6-12(23(25)26)10-18(17)24(27)28/h2-7,10,15-16,20H,8-9,11H2,1H3/b21-19+/t15-,16-/m0/s1. The number of hydrazone groups is 1. The highest BCUT2D eigenvalue weighted by Gasteiger charge is 2.40. The Labute approximate surface area is 161 Å². The Hall–Kier alpha value is -3.33. The van der Waals surface area contributed by atoms with Crippen molar-refractivity contribution in [2.24, 2.45) is 11.0 Å². The van der Waals surface area contributed by atoms with Gasteiger partial charge in [-0.15, -0.1) is 0 Å². The minimum Gasteiger partial charge on any atom is -0.306 e. The highest BCUT2D eigenvalue weighted by Crippen LogP contribution is 2.43. The molecule has 1 aliphatic carbocycles. The fourth-order valence-corrected chi connectivity index (χ4v) is 4.15. The largest absolute Gasteiger partial charge is 0.306 e. The number of anilines is 1. The van der Waals surface area contributed by atoms with Crippen molar-refractivity contribution in [1.29, 1.82) is 0 Å². The summed E-state index contributed by atoms with van der Waals surface area (Å²) in [6, 6.07) is 11.6. The molecule has 9 heteroatoms. The van der Waals surface area contributed by atoms with E-state index in [2.05, 4.69) is 28.5 Å². The fourth-order valence-electron chi connectivity index (χ4n) is 4.15. The Kier molecular flexibility index (Phi) is 4.52. The van der Waals surface area contributed by atoms with Crippen LogP contribution in [0.2, 0.25) is 0 Å². The summed E-state index contributed by atoms with van der Waals surface area (Å²) >= 11 is 0. The Morgan fingerprint density at radius 1 is 1.11 bits per heavy atom. The van der Waals surface area contributed by atoms with Crippen LogP contribution in [0, 0.1) is 26.1 Å². The van der Waals surface area contributed by atoms with Crippen molar-refractivity contribution in [1.82, 2.24) is 4.90 Å². The van der Waals surface area contributed by atoms with Crippen molar-refractivity contribution in [3.05, 3.63) is 73.8 Å². The van der Waals surface area contributed by atoms with Gasteiger partial charge in [0.2, 0.25) is 0 Å². The van der Waals surface area contributed by atoms with Gasteiger partial charge in [0.15, 0.2) is 0 Å². The molecule has 144 valence electrons. The number of piperidine rings is 1. The van der Waals surface area contributed by atoms with Gasteiger partial charge >= 0.3 is 5.69 Å². The molecule has 2 atom stereocenters. The van der Waals surface area contributed by atoms with Gasteiger partial charge in [0.25, 0.3) is 5.69 Å². The van der Waals surface area contributed by atoms with Gasteiger partial charge in [-0.2, -0.15) is 5.10 Å². The number of hydrogen-bond donors (Lipinski definition) is 1. The van der Waals surface area contributed by atoms with E-state index in [1.807, 2.05) is 18.2 Å². The molecule has 1 heterocycles. The van der Waals surface area contributed by atoms with E-state index in [9.17, 15) is 20.2 Å². The first-order chi connectivity index (χ1) is 13.5. The summed E-state index contributed by atoms with van der Waals surface area (Å²) in [7, 11) is 2.10. The van der Waals surface area contributed by atoms with Crippen molar-refractivity contribution < 1.29 is 9.85 Å². The summed E-state index contributed by atoms with van der Waals surface area (Å²) < 4.78 is 0. The zero-order valence-electron chi connectivity index (χ0n) is 15.2. The second-order valence-electron chi connectivity index (χ2n) is 7.18. The maximum atomic E-state index is 11.3. The van der Waals surface area contributed by atoms with Crippen LogP contribution in [0.5, 0.6) is 0 Å². The van der Waals surface area contributed by atoms with Gasteiger partial charge in [0.1, 0.15) is 5.69 Å². The number of nitro benzene ring substituents is 2. The van der Waals surface area contributed by atoms with E-state index in [0.29, 0.717) is 5.92 Å². The normalized spacial score (nSPS) is 22.5. The molecule has 28 heavy (non-hydrogen) atoms. The molecule has 0 saturated carbocycles. The van der Waals surface area contributed by atoms with Crippen LogP contribution >= 0.6 is 0 Å². The average Bonchev–Trinajstić information content (AvgIpc) is 2.99. The van der Waals surface area contributed by atoms with Gasteiger partial charge < -0.3 is 4.90 Å². The van der Waals surface area contributed by atoms with Gasteiger partial charge in [-0.1, -0.05) is 24.3 Å². The van der Waals surface area contributed by atoms with Crippen molar-refractivity contribution in [3.8, 4) is 0 Å². The van der Waals surface area contributed by atoms with Crippen LogP contribution in [0.1, 0.15) is 23.5 Å². The molecule has 2 aliphatic rings. The van der Waals surface area contributed by atoms with E-state index in [4.69, 9.17) is 0 Å². The second kappa shape index (κ2) is 7.01. The van der Waals surface area contributed by atoms with E-state index in [1.54, 1.807) is 0 Å². The molecule has 1 fully saturated rings. The van der Waals surface area contributed by atoms with Crippen LogP contribution in [-0.4, -0.2) is 40.6 Å². The smallest absolute Gasteiger partial charge is 0.301 e. The lowest BCUT2D eigenvalue weighted by molar-refractivity contribution is -0.393. The average molecular weight is 381 g/mol. The molecule has 0 aromatic heterocycles. The van der Waals surface area contributed by atoms with Crippen LogP contribution in [-0.2, 0) is 0 Å². The van der Waals surface area contributed by atoms with Gasteiger partial charge in [-0.25, -0.2) is 0 Å². The second-order valence-corrected chi connectivity index (χ2v) is 7.18. The number of hydrogen-bond acceptors (Lipinski definition) is 7. The van der Waals surface area contributed by atoms with Crippen LogP contribution in [0.15, 0.2) is 47.6 Å². The molecule has 0 amide bonds. The van der Waals surface area contributed by atoms with Gasteiger partial charge in [-0.3, -0.25) is 25.7 Å². The monoisotopic (exact) mass is 381 g/mol. The van der Waals surface area contributed by atoms with E-state index in [0.717, 1.165) is 36.9 Å². The molecule has 1 saturated heterocycles. The Morgan fingerprint density at radius 3 is 2.64 bits per heavy atom. The maximum absolute atomic E-state index is 11.3. The number of benzene rings is 2. The molecule has 0 radical (unpaired) electrons. The number of fused-ring (bicyclic) bond motifs is 3. The first-order valence-corrected chi connectivity index (χ1v) is 9.00. The zero-order valence-corrected chi connectivity index (χ0v) is 15.2. The molecule has 1 N–H and O–H groups in total. The zero-order chi connectivity index (χ0) is 19.8. The lowest BCUT2D eigenvalue weighted by Crippen LogP contribution is -2.36. The number of non-ortho nitro benzene ring substituents is 1. The van der Waals surface area contributed by atoms with Crippen molar-refractivity contribution in [3.63, 3.8) is 0 Å². The number of likely N-dealkylation sites (tertiary alicyclic amines) is 1. The SMILES string of the molecule is CN1CC[C@@H]2/C(=N/Nc3ccc([N+](=O)[O-])cc3[N+](=O)[O-])c3ccccc3[C@@H]2C1. The van der Waals surface area contributed by atoms with E-state index < -0.39 is 9.85 Å². The van der Waals surface area contributed by atoms with E-state index in [1.165, 1.54) is 17.7 Å². The Bertz CT molecular complexity index is 990. The molecule has 0 spiro atoms. The highest BCUT2D eigenvalue weighted by atomic mass is 16.6. The summed E-state index contributed by atoms with van der Waals surface area (Å²) in [5.74, 6) is 0.598. The molecule has 2 aromatic rings. The summed E-state index contributed by atoms with van der Waals surface area (Å²) in [4.78, 5) is 23.3. The van der Waals surface area contributed by atoms with Crippen molar-refractivity contribution >= 4 is 22.8 Å². The third kappa shape index (κ3) is 3.09. The number of nitro groups is 2. The van der Waals surface area contributed by atoms with E-state index in [-0.39, 0.29) is 23.0 Å². The van der Waals surface area contributed by atoms with Gasteiger partial charge in [-0.05, 0) is 31.6 Å². The molecular formula is C19H19N5O4. The third-order valence-corrected chi connectivity index (χ3v) is 5.49. The van der Waals surface area contributed by atoms with Crippen LogP contribution in [0.25, 0.3) is 0 Å². The molecule has 1 aliphatic heterocycles. The minimum atomic E-state index is -0.654. The summed E-state index contributed by atoms with van der Waals surface area (Å²) in [5, 5.41) is 26.8. The third-order valence-electron chi connectivity index (χ3n) is 5.49. The van der Waals surface area contributed by atoms with Crippen LogP contribution < -0.4 is 5.43 Å². The summed E-state index contributed by atoms with van der Waals surface area (Å²) in [6.07, 6.45) is 0.957. The molecule has 9 nitrogen and oxygen atoms in total. The van der Waals surface area contributed by atoms with Crippen molar-refractivity contribution in [2.75, 3.05) is 25.6 Å². The molecule has 0 unspecified atom stereocenters. The number of nitrogens with zero attached hydrogens (tertiary/aromatic N) is 4. The molecule has 0 bridgehead atoms. The van der Waals surface area contributed by atoms with Gasteiger partial charge in [0, 0.05) is 30.0 Å². The minimum absolute atomic E-state index is 0.136. The topological polar surface area (TPSA) is 114 Å². The Morgan fingerprint density at radius 2 is 1.89 bits per heavy atom. The predicted molar refractivity (Wildman–Crippen MR) is 105 cm³/mol. The first-order valence-electron chi connectivity index (χ1n) is 9.00. The summed E-state index contributed by atoms with van der Waals surface area (Å²) in [5.41, 5.74) is 5.43. The van der Waals surface area contributed by atoms with E-state index >= 15 is 0 Å². The first kappa shape index (κ1) is 18.1. The summed E-state index contributed by atoms with van der Waals surface area (Å²) in [6.45, 7) is 1.91. The Balaban J connectivity index is 1.70. The maximum Gasteiger partial charge on any atom is 0.301 e. The number of nitrogens with one attached hydrogen (secondary N) is 1. The van der Waals surface area contributed by atoms with Crippen LogP contribution in [0.3, 0.4) is 0 Å². The fraction of sp³-hybridized carbons (Fsp3) is 0.316.